The Hall–Kier alpha value is -1.70. The van der Waals surface area contributed by atoms with Crippen molar-refractivity contribution in [3.8, 4) is 0 Å². The van der Waals surface area contributed by atoms with Crippen LogP contribution in [-0.4, -0.2) is 24.7 Å². The van der Waals surface area contributed by atoms with Crippen LogP contribution >= 0.6 is 0 Å². The summed E-state index contributed by atoms with van der Waals surface area (Å²) in [7, 11) is 0. The minimum absolute atomic E-state index is 0.0350. The summed E-state index contributed by atoms with van der Waals surface area (Å²) in [5.74, 6) is -0.443. The van der Waals surface area contributed by atoms with E-state index >= 15 is 0 Å². The molecule has 26 heavy (non-hydrogen) atoms. The highest BCUT2D eigenvalue weighted by Gasteiger charge is 2.48. The number of carbonyl (C=O) groups is 1. The Labute approximate surface area is 148 Å². The third kappa shape index (κ3) is 3.84. The molecule has 144 valence electrons. The molecule has 0 aromatic heterocycles. The van der Waals surface area contributed by atoms with E-state index in [2.05, 4.69) is 10.6 Å². The average molecular weight is 376 g/mol. The van der Waals surface area contributed by atoms with Crippen molar-refractivity contribution in [1.82, 2.24) is 10.6 Å². The molecule has 1 aromatic rings. The molecule has 2 fully saturated rings. The maximum Gasteiger partial charge on any atom is 0.416 e. The highest BCUT2D eigenvalue weighted by molar-refractivity contribution is 5.83. The molecule has 1 aromatic carbocycles. The maximum atomic E-state index is 14.3. The van der Waals surface area contributed by atoms with Crippen molar-refractivity contribution < 1.29 is 26.7 Å². The van der Waals surface area contributed by atoms with Crippen LogP contribution in [-0.2, 0) is 22.2 Å². The zero-order chi connectivity index (χ0) is 19.3. The molecule has 1 amide bonds. The van der Waals surface area contributed by atoms with Crippen LogP contribution < -0.4 is 10.6 Å². The zero-order valence-electron chi connectivity index (χ0n) is 14.5. The topological polar surface area (TPSA) is 41.1 Å². The molecule has 2 N–H and O–H groups in total. The summed E-state index contributed by atoms with van der Waals surface area (Å²) in [6.07, 6.45) is -4.79. The number of rotatable bonds is 4. The second kappa shape index (κ2) is 6.18. The molecular formula is C18H21F5N2O. The van der Waals surface area contributed by atoms with Gasteiger partial charge in [0.2, 0.25) is 5.91 Å². The summed E-state index contributed by atoms with van der Waals surface area (Å²) in [5, 5.41) is 5.50. The Morgan fingerprint density at radius 1 is 1.15 bits per heavy atom. The van der Waals surface area contributed by atoms with Gasteiger partial charge in [-0.1, -0.05) is 6.07 Å². The molecule has 2 atom stereocenters. The quantitative estimate of drug-likeness (QED) is 0.787. The smallest absolute Gasteiger partial charge is 0.345 e. The van der Waals surface area contributed by atoms with E-state index in [4.69, 9.17) is 0 Å². The second-order valence-corrected chi connectivity index (χ2v) is 7.63. The minimum atomic E-state index is -4.62. The standard InChI is InChI=1S/C18H21F5N2O/c1-16(2,20)10-5-11(7-12(6-10)18(21,22)23)17(3-4-17)25-15(26)14-8-13(19)9-24-14/h5-7,13-14,24H,3-4,8-9H2,1-2H3,(H,25,26). The van der Waals surface area contributed by atoms with E-state index in [-0.39, 0.29) is 24.1 Å². The van der Waals surface area contributed by atoms with Gasteiger partial charge in [0, 0.05) is 13.0 Å². The van der Waals surface area contributed by atoms with Gasteiger partial charge in [0.25, 0.3) is 0 Å². The average Bonchev–Trinajstić information content (AvgIpc) is 3.17. The van der Waals surface area contributed by atoms with E-state index in [1.165, 1.54) is 19.9 Å². The fourth-order valence-electron chi connectivity index (χ4n) is 3.24. The van der Waals surface area contributed by atoms with Crippen molar-refractivity contribution in [3.63, 3.8) is 0 Å². The number of nitrogens with one attached hydrogen (secondary N) is 2. The molecule has 0 bridgehead atoms. The van der Waals surface area contributed by atoms with Gasteiger partial charge >= 0.3 is 6.18 Å². The van der Waals surface area contributed by atoms with Crippen LogP contribution in [0.2, 0.25) is 0 Å². The largest absolute Gasteiger partial charge is 0.416 e. The molecule has 0 radical (unpaired) electrons. The highest BCUT2D eigenvalue weighted by Crippen LogP contribution is 2.48. The van der Waals surface area contributed by atoms with Gasteiger partial charge in [-0.25, -0.2) is 8.78 Å². The normalized spacial score (nSPS) is 25.2. The molecule has 2 aliphatic rings. The van der Waals surface area contributed by atoms with Crippen molar-refractivity contribution in [1.29, 1.82) is 0 Å². The first-order valence-corrected chi connectivity index (χ1v) is 8.52. The van der Waals surface area contributed by atoms with E-state index in [1.54, 1.807) is 0 Å². The number of hydrogen-bond acceptors (Lipinski definition) is 2. The van der Waals surface area contributed by atoms with Gasteiger partial charge in [0.1, 0.15) is 11.8 Å². The van der Waals surface area contributed by atoms with Crippen LogP contribution in [0, 0.1) is 0 Å². The maximum absolute atomic E-state index is 14.3. The van der Waals surface area contributed by atoms with E-state index in [9.17, 15) is 26.7 Å². The van der Waals surface area contributed by atoms with Crippen LogP contribution in [0.25, 0.3) is 0 Å². The van der Waals surface area contributed by atoms with Crippen LogP contribution in [0.3, 0.4) is 0 Å². The zero-order valence-corrected chi connectivity index (χ0v) is 14.5. The third-order valence-corrected chi connectivity index (χ3v) is 5.01. The summed E-state index contributed by atoms with van der Waals surface area (Å²) < 4.78 is 67.3. The van der Waals surface area contributed by atoms with Crippen molar-refractivity contribution in [2.45, 2.75) is 62.7 Å². The summed E-state index contributed by atoms with van der Waals surface area (Å²) in [6.45, 7) is 2.46. The lowest BCUT2D eigenvalue weighted by Crippen LogP contribution is -2.45. The summed E-state index contributed by atoms with van der Waals surface area (Å²) in [4.78, 5) is 12.3. The van der Waals surface area contributed by atoms with Gasteiger partial charge in [-0.15, -0.1) is 0 Å². The van der Waals surface area contributed by atoms with Crippen molar-refractivity contribution in [2.75, 3.05) is 6.54 Å². The first-order valence-electron chi connectivity index (χ1n) is 8.52. The highest BCUT2D eigenvalue weighted by atomic mass is 19.4. The molecule has 3 rings (SSSR count). The van der Waals surface area contributed by atoms with Gasteiger partial charge in [0.05, 0.1) is 17.1 Å². The number of carbonyl (C=O) groups excluding carboxylic acids is 1. The summed E-state index contributed by atoms with van der Waals surface area (Å²) >= 11 is 0. The van der Waals surface area contributed by atoms with Crippen molar-refractivity contribution >= 4 is 5.91 Å². The Bertz CT molecular complexity index is 674. The van der Waals surface area contributed by atoms with E-state index in [1.807, 2.05) is 0 Å². The number of hydrogen-bond donors (Lipinski definition) is 2. The van der Waals surface area contributed by atoms with Gasteiger partial charge < -0.3 is 10.6 Å². The first-order chi connectivity index (χ1) is 11.9. The first kappa shape index (κ1) is 19.1. The molecule has 1 heterocycles. The van der Waals surface area contributed by atoms with E-state index in [0.29, 0.717) is 12.8 Å². The molecule has 3 nitrogen and oxygen atoms in total. The monoisotopic (exact) mass is 376 g/mol. The number of benzene rings is 1. The van der Waals surface area contributed by atoms with Crippen molar-refractivity contribution in [3.05, 3.63) is 34.9 Å². The summed E-state index contributed by atoms with van der Waals surface area (Å²) in [6, 6.07) is 2.43. The van der Waals surface area contributed by atoms with Crippen LogP contribution in [0.5, 0.6) is 0 Å². The van der Waals surface area contributed by atoms with Crippen LogP contribution in [0.15, 0.2) is 18.2 Å². The lowest BCUT2D eigenvalue weighted by molar-refractivity contribution is -0.137. The number of amides is 1. The van der Waals surface area contributed by atoms with Crippen LogP contribution in [0.4, 0.5) is 22.0 Å². The number of alkyl halides is 5. The Kier molecular flexibility index (Phi) is 4.53. The fraction of sp³-hybridized carbons (Fsp3) is 0.611. The van der Waals surface area contributed by atoms with Gasteiger partial charge in [-0.3, -0.25) is 4.79 Å². The van der Waals surface area contributed by atoms with Gasteiger partial charge in [0.15, 0.2) is 0 Å². The lowest BCUT2D eigenvalue weighted by Gasteiger charge is -2.24. The summed E-state index contributed by atoms with van der Waals surface area (Å²) in [5.41, 5.74) is -3.71. The Morgan fingerprint density at radius 3 is 2.23 bits per heavy atom. The fourth-order valence-corrected chi connectivity index (χ4v) is 3.24. The predicted octanol–water partition coefficient (Wildman–Crippen LogP) is 3.72. The molecule has 1 saturated carbocycles. The van der Waals surface area contributed by atoms with Crippen LogP contribution in [0.1, 0.15) is 49.8 Å². The Morgan fingerprint density at radius 2 is 1.77 bits per heavy atom. The molecule has 1 saturated heterocycles. The molecule has 8 heteroatoms. The Balaban J connectivity index is 1.91. The second-order valence-electron chi connectivity index (χ2n) is 7.63. The van der Waals surface area contributed by atoms with E-state index in [0.717, 1.165) is 12.1 Å². The van der Waals surface area contributed by atoms with E-state index < -0.39 is 41.1 Å². The molecular weight excluding hydrogens is 355 g/mol. The minimum Gasteiger partial charge on any atom is -0.345 e. The number of halogens is 5. The molecule has 2 unspecified atom stereocenters. The molecule has 1 aliphatic carbocycles. The van der Waals surface area contributed by atoms with Gasteiger partial charge in [-0.2, -0.15) is 13.2 Å². The predicted molar refractivity (Wildman–Crippen MR) is 85.9 cm³/mol. The van der Waals surface area contributed by atoms with Gasteiger partial charge in [-0.05, 0) is 49.9 Å². The third-order valence-electron chi connectivity index (χ3n) is 5.01. The molecule has 0 spiro atoms. The SMILES string of the molecule is CC(C)(F)c1cc(C(F)(F)F)cc(C2(NC(=O)C3CC(F)CN3)CC2)c1. The van der Waals surface area contributed by atoms with Crippen molar-refractivity contribution in [2.24, 2.45) is 0 Å². The molecule has 1 aliphatic heterocycles. The lowest BCUT2D eigenvalue weighted by atomic mass is 9.91.